The van der Waals surface area contributed by atoms with Gasteiger partial charge in [-0.05, 0) is 48.5 Å². The Morgan fingerprint density at radius 1 is 0.963 bits per heavy atom. The van der Waals surface area contributed by atoms with Gasteiger partial charge in [-0.1, -0.05) is 41.9 Å². The van der Waals surface area contributed by atoms with E-state index in [4.69, 9.17) is 16.6 Å². The zero-order valence-corrected chi connectivity index (χ0v) is 15.6. The Bertz CT molecular complexity index is 1090. The van der Waals surface area contributed by atoms with Crippen molar-refractivity contribution in [2.45, 2.75) is 6.54 Å². The van der Waals surface area contributed by atoms with Crippen LogP contribution in [0.2, 0.25) is 5.02 Å². The van der Waals surface area contributed by atoms with E-state index < -0.39 is 0 Å². The zero-order chi connectivity index (χ0) is 18.8. The molecule has 3 aromatic carbocycles. The number of hydrogen-bond acceptors (Lipinski definition) is 2. The van der Waals surface area contributed by atoms with E-state index in [1.165, 1.54) is 0 Å². The van der Waals surface area contributed by atoms with Crippen molar-refractivity contribution in [3.63, 3.8) is 0 Å². The lowest BCUT2D eigenvalue weighted by molar-refractivity contribution is -0.118. The van der Waals surface area contributed by atoms with Gasteiger partial charge in [-0.2, -0.15) is 0 Å². The number of para-hydroxylation sites is 3. The Morgan fingerprint density at radius 3 is 2.37 bits per heavy atom. The molecule has 0 aliphatic carbocycles. The van der Waals surface area contributed by atoms with E-state index in [0.29, 0.717) is 5.02 Å². The number of hydrogen-bond donors (Lipinski definition) is 0. The van der Waals surface area contributed by atoms with Gasteiger partial charge in [0.25, 0.3) is 0 Å². The van der Waals surface area contributed by atoms with Crippen LogP contribution in [0.15, 0.2) is 78.9 Å². The lowest BCUT2D eigenvalue weighted by Gasteiger charge is -2.18. The van der Waals surface area contributed by atoms with Crippen LogP contribution in [0.4, 0.5) is 5.69 Å². The predicted octanol–water partition coefficient (Wildman–Crippen LogP) is 5.02. The lowest BCUT2D eigenvalue weighted by Crippen LogP contribution is -2.30. The van der Waals surface area contributed by atoms with Gasteiger partial charge in [-0.15, -0.1) is 0 Å². The molecule has 0 aliphatic heterocycles. The van der Waals surface area contributed by atoms with Gasteiger partial charge >= 0.3 is 0 Å². The molecule has 0 saturated carbocycles. The molecule has 0 atom stereocenters. The van der Waals surface area contributed by atoms with Crippen LogP contribution in [0.25, 0.3) is 22.4 Å². The summed E-state index contributed by atoms with van der Waals surface area (Å²) in [6, 6.07) is 25.0. The Kier molecular flexibility index (Phi) is 4.65. The molecule has 4 aromatic rings. The van der Waals surface area contributed by atoms with E-state index in [0.717, 1.165) is 28.1 Å². The molecule has 0 saturated heterocycles. The topological polar surface area (TPSA) is 38.1 Å². The first-order valence-electron chi connectivity index (χ1n) is 8.66. The van der Waals surface area contributed by atoms with E-state index in [2.05, 4.69) is 0 Å². The average Bonchev–Trinajstić information content (AvgIpc) is 3.07. The van der Waals surface area contributed by atoms with Gasteiger partial charge in [0.2, 0.25) is 5.91 Å². The largest absolute Gasteiger partial charge is 0.314 e. The second-order valence-electron chi connectivity index (χ2n) is 6.31. The summed E-state index contributed by atoms with van der Waals surface area (Å²) in [4.78, 5) is 19.4. The summed E-state index contributed by atoms with van der Waals surface area (Å²) in [5.74, 6) is 0.738. The number of anilines is 1. The molecule has 0 fully saturated rings. The number of likely N-dealkylation sites (N-methyl/N-ethyl adjacent to an activating group) is 1. The normalized spacial score (nSPS) is 10.9. The second kappa shape index (κ2) is 7.25. The minimum atomic E-state index is -0.0143. The fourth-order valence-electron chi connectivity index (χ4n) is 3.09. The number of halogens is 1. The molecule has 0 N–H and O–H groups in total. The SMILES string of the molecule is CN(C(=O)Cn1c(-c2ccc(Cl)cc2)nc2ccccc21)c1ccccc1. The highest BCUT2D eigenvalue weighted by Gasteiger charge is 2.18. The Morgan fingerprint density at radius 2 is 1.63 bits per heavy atom. The van der Waals surface area contributed by atoms with E-state index >= 15 is 0 Å². The Hall–Kier alpha value is -3.11. The molecule has 0 bridgehead atoms. The van der Waals surface area contributed by atoms with Crippen molar-refractivity contribution in [3.05, 3.63) is 83.9 Å². The molecule has 1 amide bonds. The van der Waals surface area contributed by atoms with Crippen molar-refractivity contribution in [3.8, 4) is 11.4 Å². The third-order valence-corrected chi connectivity index (χ3v) is 4.82. The molecule has 0 unspecified atom stereocenters. The predicted molar refractivity (Wildman–Crippen MR) is 110 cm³/mol. The maximum absolute atomic E-state index is 12.9. The molecule has 4 nitrogen and oxygen atoms in total. The molecule has 1 heterocycles. The van der Waals surface area contributed by atoms with Gasteiger partial charge < -0.3 is 9.47 Å². The van der Waals surface area contributed by atoms with Crippen LogP contribution >= 0.6 is 11.6 Å². The van der Waals surface area contributed by atoms with E-state index in [1.54, 1.807) is 11.9 Å². The minimum absolute atomic E-state index is 0.0143. The molecule has 0 radical (unpaired) electrons. The number of fused-ring (bicyclic) bond motifs is 1. The number of carbonyl (C=O) groups is 1. The summed E-state index contributed by atoms with van der Waals surface area (Å²) < 4.78 is 1.96. The molecule has 1 aromatic heterocycles. The van der Waals surface area contributed by atoms with Crippen molar-refractivity contribution in [1.82, 2.24) is 9.55 Å². The number of nitrogens with zero attached hydrogens (tertiary/aromatic N) is 3. The fraction of sp³-hybridized carbons (Fsp3) is 0.0909. The lowest BCUT2D eigenvalue weighted by atomic mass is 10.2. The first kappa shape index (κ1) is 17.3. The first-order chi connectivity index (χ1) is 13.1. The molecular formula is C22H18ClN3O. The summed E-state index contributed by atoms with van der Waals surface area (Å²) >= 11 is 6.02. The maximum Gasteiger partial charge on any atom is 0.246 e. The van der Waals surface area contributed by atoms with E-state index in [-0.39, 0.29) is 12.5 Å². The zero-order valence-electron chi connectivity index (χ0n) is 14.8. The Balaban J connectivity index is 1.75. The van der Waals surface area contributed by atoms with Crippen LogP contribution in [-0.2, 0) is 11.3 Å². The second-order valence-corrected chi connectivity index (χ2v) is 6.74. The molecule has 27 heavy (non-hydrogen) atoms. The number of imidazole rings is 1. The standard InChI is InChI=1S/C22H18ClN3O/c1-25(18-7-3-2-4-8-18)21(27)15-26-20-10-6-5-9-19(20)24-22(26)16-11-13-17(23)14-12-16/h2-14H,15H2,1H3. The number of amides is 1. The van der Waals surface area contributed by atoms with Crippen molar-refractivity contribution < 1.29 is 4.79 Å². The quantitative estimate of drug-likeness (QED) is 0.502. The molecule has 4 rings (SSSR count). The van der Waals surface area contributed by atoms with Gasteiger partial charge in [0.15, 0.2) is 0 Å². The number of carbonyl (C=O) groups excluding carboxylic acids is 1. The van der Waals surface area contributed by atoms with Gasteiger partial charge in [-0.3, -0.25) is 4.79 Å². The van der Waals surface area contributed by atoms with Crippen molar-refractivity contribution in [2.24, 2.45) is 0 Å². The van der Waals surface area contributed by atoms with Gasteiger partial charge in [0, 0.05) is 23.3 Å². The van der Waals surface area contributed by atoms with Crippen LogP contribution in [-0.4, -0.2) is 22.5 Å². The van der Waals surface area contributed by atoms with Crippen LogP contribution in [0.3, 0.4) is 0 Å². The molecular weight excluding hydrogens is 358 g/mol. The summed E-state index contributed by atoms with van der Waals surface area (Å²) in [5.41, 5.74) is 3.57. The molecule has 134 valence electrons. The summed E-state index contributed by atoms with van der Waals surface area (Å²) in [5, 5.41) is 0.668. The van der Waals surface area contributed by atoms with Gasteiger partial charge in [0.05, 0.1) is 11.0 Å². The van der Waals surface area contributed by atoms with Crippen molar-refractivity contribution in [2.75, 3.05) is 11.9 Å². The number of benzene rings is 3. The number of rotatable bonds is 4. The molecule has 0 spiro atoms. The third kappa shape index (κ3) is 3.44. The van der Waals surface area contributed by atoms with Crippen LogP contribution in [0, 0.1) is 0 Å². The van der Waals surface area contributed by atoms with Crippen LogP contribution in [0.5, 0.6) is 0 Å². The highest BCUT2D eigenvalue weighted by molar-refractivity contribution is 6.30. The summed E-state index contributed by atoms with van der Waals surface area (Å²) in [6.07, 6.45) is 0. The molecule has 0 aliphatic rings. The first-order valence-corrected chi connectivity index (χ1v) is 9.04. The van der Waals surface area contributed by atoms with Gasteiger partial charge in [-0.25, -0.2) is 4.98 Å². The van der Waals surface area contributed by atoms with Crippen LogP contribution < -0.4 is 4.90 Å². The highest BCUT2D eigenvalue weighted by atomic mass is 35.5. The highest BCUT2D eigenvalue weighted by Crippen LogP contribution is 2.26. The number of aromatic nitrogens is 2. The van der Waals surface area contributed by atoms with Crippen molar-refractivity contribution >= 4 is 34.2 Å². The maximum atomic E-state index is 12.9. The van der Waals surface area contributed by atoms with Gasteiger partial charge in [0.1, 0.15) is 12.4 Å². The Labute approximate surface area is 162 Å². The summed E-state index contributed by atoms with van der Waals surface area (Å²) in [7, 11) is 1.79. The van der Waals surface area contributed by atoms with E-state index in [1.807, 2.05) is 83.4 Å². The third-order valence-electron chi connectivity index (χ3n) is 4.57. The minimum Gasteiger partial charge on any atom is -0.314 e. The van der Waals surface area contributed by atoms with Crippen LogP contribution in [0.1, 0.15) is 0 Å². The summed E-state index contributed by atoms with van der Waals surface area (Å²) in [6.45, 7) is 0.198. The van der Waals surface area contributed by atoms with Crippen molar-refractivity contribution in [1.29, 1.82) is 0 Å². The molecule has 5 heteroatoms. The monoisotopic (exact) mass is 375 g/mol. The average molecular weight is 376 g/mol. The van der Waals surface area contributed by atoms with E-state index in [9.17, 15) is 4.79 Å². The fourth-order valence-corrected chi connectivity index (χ4v) is 3.22. The smallest absolute Gasteiger partial charge is 0.246 e.